The van der Waals surface area contributed by atoms with E-state index in [1.807, 2.05) is 20.8 Å². The molecule has 0 spiro atoms. The predicted octanol–water partition coefficient (Wildman–Crippen LogP) is 4.95. The molecule has 1 aliphatic rings. The van der Waals surface area contributed by atoms with Gasteiger partial charge in [-0.15, -0.1) is 0 Å². The van der Waals surface area contributed by atoms with E-state index >= 15 is 0 Å². The number of anilines is 2. The summed E-state index contributed by atoms with van der Waals surface area (Å²) in [5.41, 5.74) is 2.70. The number of carbonyl (C=O) groups excluding carboxylic acids is 1. The minimum atomic E-state index is -3.81. The fraction of sp³-hybridized carbons (Fsp3) is 0.240. The molecule has 178 valence electrons. The highest BCUT2D eigenvalue weighted by Gasteiger charge is 2.32. The number of rotatable bonds is 6. The Morgan fingerprint density at radius 3 is 2.44 bits per heavy atom. The number of sulfonamides is 1. The smallest absolute Gasteiger partial charge is 0.264 e. The molecular formula is C25H25ClN2O5S. The zero-order valence-electron chi connectivity index (χ0n) is 19.0. The minimum absolute atomic E-state index is 0.123. The van der Waals surface area contributed by atoms with E-state index in [0.29, 0.717) is 27.9 Å². The van der Waals surface area contributed by atoms with Crippen LogP contribution in [0.1, 0.15) is 18.1 Å². The van der Waals surface area contributed by atoms with Crippen LogP contribution in [0.25, 0.3) is 0 Å². The van der Waals surface area contributed by atoms with Crippen molar-refractivity contribution >= 4 is 38.9 Å². The van der Waals surface area contributed by atoms with E-state index in [2.05, 4.69) is 5.32 Å². The maximum absolute atomic E-state index is 13.3. The average molecular weight is 501 g/mol. The van der Waals surface area contributed by atoms with Gasteiger partial charge >= 0.3 is 0 Å². The molecule has 0 fully saturated rings. The quantitative estimate of drug-likeness (QED) is 0.517. The van der Waals surface area contributed by atoms with Crippen molar-refractivity contribution in [2.24, 2.45) is 0 Å². The number of nitrogens with one attached hydrogen (secondary N) is 1. The Balaban J connectivity index is 1.43. The Morgan fingerprint density at radius 1 is 1.12 bits per heavy atom. The molecule has 0 unspecified atom stereocenters. The molecule has 3 aromatic carbocycles. The van der Waals surface area contributed by atoms with Gasteiger partial charge < -0.3 is 14.8 Å². The summed E-state index contributed by atoms with van der Waals surface area (Å²) < 4.78 is 39.3. The second kappa shape index (κ2) is 9.56. The molecule has 34 heavy (non-hydrogen) atoms. The number of carbonyl (C=O) groups is 1. The van der Waals surface area contributed by atoms with Gasteiger partial charge in [-0.25, -0.2) is 8.42 Å². The molecule has 3 aromatic rings. The minimum Gasteiger partial charge on any atom is -0.487 e. The molecule has 0 radical (unpaired) electrons. The molecule has 1 heterocycles. The van der Waals surface area contributed by atoms with E-state index in [4.69, 9.17) is 21.1 Å². The number of halogens is 1. The predicted molar refractivity (Wildman–Crippen MR) is 133 cm³/mol. The van der Waals surface area contributed by atoms with Crippen molar-refractivity contribution in [3.8, 4) is 11.5 Å². The lowest BCUT2D eigenvalue weighted by molar-refractivity contribution is -0.118. The first kappa shape index (κ1) is 23.9. The summed E-state index contributed by atoms with van der Waals surface area (Å²) >= 11 is 6.16. The first-order valence-corrected chi connectivity index (χ1v) is 12.5. The van der Waals surface area contributed by atoms with Crippen molar-refractivity contribution in [2.45, 2.75) is 31.8 Å². The number of fused-ring (bicyclic) bond motifs is 1. The van der Waals surface area contributed by atoms with Gasteiger partial charge in [0.05, 0.1) is 17.1 Å². The summed E-state index contributed by atoms with van der Waals surface area (Å²) in [6.45, 7) is 5.58. The van der Waals surface area contributed by atoms with Crippen LogP contribution in [0.2, 0.25) is 5.02 Å². The SMILES string of the molecule is Cc1cc(OCC(=O)Nc2ccc(S(=O)(=O)N3C[C@H](C)Oc4ccccc43)cc2)cc(C)c1Cl. The van der Waals surface area contributed by atoms with Gasteiger partial charge in [-0.3, -0.25) is 9.10 Å². The fourth-order valence-corrected chi connectivity index (χ4v) is 5.41. The molecule has 4 rings (SSSR count). The largest absolute Gasteiger partial charge is 0.487 e. The number of hydrogen-bond donors (Lipinski definition) is 1. The van der Waals surface area contributed by atoms with Gasteiger partial charge in [0.15, 0.2) is 6.61 Å². The van der Waals surface area contributed by atoms with Crippen LogP contribution in [0.4, 0.5) is 11.4 Å². The number of amides is 1. The molecule has 1 atom stereocenters. The lowest BCUT2D eigenvalue weighted by Crippen LogP contribution is -2.42. The Kier molecular flexibility index (Phi) is 6.72. The average Bonchev–Trinajstić information content (AvgIpc) is 2.81. The third kappa shape index (κ3) is 4.98. The van der Waals surface area contributed by atoms with Gasteiger partial charge in [-0.1, -0.05) is 23.7 Å². The topological polar surface area (TPSA) is 84.9 Å². The van der Waals surface area contributed by atoms with Gasteiger partial charge in [0.1, 0.15) is 17.6 Å². The molecule has 0 aromatic heterocycles. The van der Waals surface area contributed by atoms with Gasteiger partial charge in [0, 0.05) is 10.7 Å². The van der Waals surface area contributed by atoms with Crippen LogP contribution in [-0.4, -0.2) is 33.6 Å². The Morgan fingerprint density at radius 2 is 1.76 bits per heavy atom. The second-order valence-corrected chi connectivity index (χ2v) is 10.4. The van der Waals surface area contributed by atoms with Crippen LogP contribution in [0, 0.1) is 13.8 Å². The van der Waals surface area contributed by atoms with Gasteiger partial charge in [0.2, 0.25) is 0 Å². The van der Waals surface area contributed by atoms with Gasteiger partial charge in [0.25, 0.3) is 15.9 Å². The van der Waals surface area contributed by atoms with E-state index in [9.17, 15) is 13.2 Å². The van der Waals surface area contributed by atoms with Crippen LogP contribution >= 0.6 is 11.6 Å². The van der Waals surface area contributed by atoms with E-state index in [0.717, 1.165) is 11.1 Å². The van der Waals surface area contributed by atoms with Crippen LogP contribution in [0.3, 0.4) is 0 Å². The van der Waals surface area contributed by atoms with Crippen LogP contribution in [0.5, 0.6) is 11.5 Å². The maximum Gasteiger partial charge on any atom is 0.264 e. The third-order valence-corrected chi connectivity index (χ3v) is 7.78. The molecule has 0 aliphatic carbocycles. The Hall–Kier alpha value is -3.23. The highest BCUT2D eigenvalue weighted by molar-refractivity contribution is 7.92. The molecule has 0 saturated carbocycles. The van der Waals surface area contributed by atoms with E-state index in [1.54, 1.807) is 48.5 Å². The normalized spacial score (nSPS) is 15.3. The lowest BCUT2D eigenvalue weighted by Gasteiger charge is -2.34. The summed E-state index contributed by atoms with van der Waals surface area (Å²) in [5, 5.41) is 3.38. The van der Waals surface area contributed by atoms with Crippen LogP contribution < -0.4 is 19.1 Å². The molecule has 0 saturated heterocycles. The van der Waals surface area contributed by atoms with Crippen molar-refractivity contribution in [1.82, 2.24) is 0 Å². The summed E-state index contributed by atoms with van der Waals surface area (Å²) in [5.74, 6) is 0.715. The molecule has 0 bridgehead atoms. The van der Waals surface area contributed by atoms with E-state index < -0.39 is 10.0 Å². The first-order chi connectivity index (χ1) is 16.1. The maximum atomic E-state index is 13.3. The third-order valence-electron chi connectivity index (χ3n) is 5.39. The number of nitrogens with zero attached hydrogens (tertiary/aromatic N) is 1. The number of benzene rings is 3. The zero-order chi connectivity index (χ0) is 24.5. The molecule has 1 aliphatic heterocycles. The Bertz CT molecular complexity index is 1300. The highest BCUT2D eigenvalue weighted by Crippen LogP contribution is 2.36. The molecule has 1 amide bonds. The summed E-state index contributed by atoms with van der Waals surface area (Å²) in [6, 6.07) is 16.6. The first-order valence-electron chi connectivity index (χ1n) is 10.7. The molecule has 7 nitrogen and oxygen atoms in total. The van der Waals surface area contributed by atoms with Gasteiger partial charge in [-0.05, 0) is 80.4 Å². The standard InChI is InChI=1S/C25H25ClN2O5S/c1-16-12-20(13-17(2)25(16)26)32-15-24(29)27-19-8-10-21(11-9-19)34(30,31)28-14-18(3)33-23-7-5-4-6-22(23)28/h4-13,18H,14-15H2,1-3H3,(H,27,29)/t18-/m0/s1. The van der Waals surface area contributed by atoms with Crippen molar-refractivity contribution in [1.29, 1.82) is 0 Å². The second-order valence-electron chi connectivity index (χ2n) is 8.16. The van der Waals surface area contributed by atoms with Crippen LogP contribution in [0.15, 0.2) is 65.6 Å². The fourth-order valence-electron chi connectivity index (χ4n) is 3.75. The summed E-state index contributed by atoms with van der Waals surface area (Å²) in [6.07, 6.45) is -0.281. The monoisotopic (exact) mass is 500 g/mol. The Labute approximate surface area is 204 Å². The zero-order valence-corrected chi connectivity index (χ0v) is 20.6. The number of aryl methyl sites for hydroxylation is 2. The molecule has 1 N–H and O–H groups in total. The lowest BCUT2D eigenvalue weighted by atomic mass is 10.1. The van der Waals surface area contributed by atoms with Crippen LogP contribution in [-0.2, 0) is 14.8 Å². The number of ether oxygens (including phenoxy) is 2. The number of hydrogen-bond acceptors (Lipinski definition) is 5. The van der Waals surface area contributed by atoms with E-state index in [-0.39, 0.29) is 30.1 Å². The van der Waals surface area contributed by atoms with Crippen molar-refractivity contribution in [3.63, 3.8) is 0 Å². The highest BCUT2D eigenvalue weighted by atomic mass is 35.5. The van der Waals surface area contributed by atoms with Crippen molar-refractivity contribution in [2.75, 3.05) is 22.8 Å². The molecular weight excluding hydrogens is 476 g/mol. The summed E-state index contributed by atoms with van der Waals surface area (Å²) in [7, 11) is -3.81. The van der Waals surface area contributed by atoms with Gasteiger partial charge in [-0.2, -0.15) is 0 Å². The molecule has 9 heteroatoms. The van der Waals surface area contributed by atoms with E-state index in [1.165, 1.54) is 16.4 Å². The summed E-state index contributed by atoms with van der Waals surface area (Å²) in [4.78, 5) is 12.4. The number of para-hydroxylation sites is 2. The van der Waals surface area contributed by atoms with Crippen molar-refractivity contribution < 1.29 is 22.7 Å². The van der Waals surface area contributed by atoms with Crippen molar-refractivity contribution in [3.05, 3.63) is 76.8 Å².